The average molecular weight is 415 g/mol. The second-order valence-corrected chi connectivity index (χ2v) is 10.6. The van der Waals surface area contributed by atoms with Crippen molar-refractivity contribution in [1.82, 2.24) is 0 Å². The van der Waals surface area contributed by atoms with Crippen molar-refractivity contribution in [3.05, 3.63) is 59.7 Å². The standard InChI is InChI=1S/C13H18S.C12H16O3/c1-12(2)9-13(3,4)14-11-8-6-5-7-10(11)12;1-2-3-4-9-15-11-7-5-10(6-8-11)12(13)14/h5-8H,9H2,1-4H3;5-8H,2-4,9H2,1H3,(H,13,14). The van der Waals surface area contributed by atoms with Crippen LogP contribution >= 0.6 is 11.8 Å². The topological polar surface area (TPSA) is 46.5 Å². The minimum absolute atomic E-state index is 0.288. The summed E-state index contributed by atoms with van der Waals surface area (Å²) in [6, 6.07) is 15.3. The molecule has 0 fully saturated rings. The predicted octanol–water partition coefficient (Wildman–Crippen LogP) is 7.19. The quantitative estimate of drug-likeness (QED) is 0.508. The molecule has 0 saturated heterocycles. The molecule has 1 N–H and O–H groups in total. The van der Waals surface area contributed by atoms with Gasteiger partial charge in [-0.15, -0.1) is 11.8 Å². The minimum atomic E-state index is -0.910. The largest absolute Gasteiger partial charge is 0.494 e. The molecular weight excluding hydrogens is 380 g/mol. The van der Waals surface area contributed by atoms with Gasteiger partial charge in [0.25, 0.3) is 0 Å². The van der Waals surface area contributed by atoms with Crippen LogP contribution < -0.4 is 4.74 Å². The first-order valence-corrected chi connectivity index (χ1v) is 11.2. The summed E-state index contributed by atoms with van der Waals surface area (Å²) in [5.74, 6) is -0.177. The molecular formula is C25H34O3S. The second-order valence-electron chi connectivity index (χ2n) is 8.80. The van der Waals surface area contributed by atoms with Crippen LogP contribution in [0, 0.1) is 0 Å². The van der Waals surface area contributed by atoms with Crippen molar-refractivity contribution in [2.24, 2.45) is 0 Å². The molecule has 0 bridgehead atoms. The zero-order valence-electron chi connectivity index (χ0n) is 18.3. The van der Waals surface area contributed by atoms with E-state index in [9.17, 15) is 4.79 Å². The van der Waals surface area contributed by atoms with Crippen LogP contribution in [-0.2, 0) is 5.41 Å². The Labute approximate surface area is 179 Å². The van der Waals surface area contributed by atoms with Crippen LogP contribution in [0.15, 0.2) is 53.4 Å². The highest BCUT2D eigenvalue weighted by molar-refractivity contribution is 8.00. The molecule has 0 aliphatic carbocycles. The fraction of sp³-hybridized carbons (Fsp3) is 0.480. The number of thioether (sulfide) groups is 1. The molecule has 0 aromatic heterocycles. The molecule has 3 rings (SSSR count). The van der Waals surface area contributed by atoms with Crippen LogP contribution in [0.1, 0.15) is 76.2 Å². The summed E-state index contributed by atoms with van der Waals surface area (Å²) < 4.78 is 5.82. The molecule has 0 spiro atoms. The molecule has 2 aromatic rings. The number of unbranched alkanes of at least 4 members (excludes halogenated alkanes) is 2. The van der Waals surface area contributed by atoms with Crippen molar-refractivity contribution in [1.29, 1.82) is 0 Å². The molecule has 0 saturated carbocycles. The molecule has 0 amide bonds. The number of ether oxygens (including phenoxy) is 1. The van der Waals surface area contributed by atoms with E-state index < -0.39 is 5.97 Å². The number of carboxylic acid groups (broad SMARTS) is 1. The van der Waals surface area contributed by atoms with Crippen LogP contribution in [0.3, 0.4) is 0 Å². The third kappa shape index (κ3) is 7.11. The fourth-order valence-corrected chi connectivity index (χ4v) is 5.47. The van der Waals surface area contributed by atoms with Gasteiger partial charge in [0.05, 0.1) is 12.2 Å². The summed E-state index contributed by atoms with van der Waals surface area (Å²) in [4.78, 5) is 12.0. The molecule has 1 aliphatic heterocycles. The lowest BCUT2D eigenvalue weighted by Crippen LogP contribution is -2.33. The molecule has 0 unspecified atom stereocenters. The van der Waals surface area contributed by atoms with E-state index in [1.165, 1.54) is 23.3 Å². The summed E-state index contributed by atoms with van der Waals surface area (Å²) >= 11 is 2.02. The molecule has 3 nitrogen and oxygen atoms in total. The van der Waals surface area contributed by atoms with Gasteiger partial charge in [-0.3, -0.25) is 0 Å². The number of hydrogen-bond acceptors (Lipinski definition) is 3. The molecule has 158 valence electrons. The van der Waals surface area contributed by atoms with Crippen molar-refractivity contribution in [2.45, 2.75) is 75.4 Å². The van der Waals surface area contributed by atoms with E-state index in [0.717, 1.165) is 18.6 Å². The summed E-state index contributed by atoms with van der Waals surface area (Å²) in [5, 5.41) is 8.68. The van der Waals surface area contributed by atoms with Crippen LogP contribution in [-0.4, -0.2) is 22.4 Å². The Balaban J connectivity index is 0.000000207. The van der Waals surface area contributed by atoms with Crippen LogP contribution in [0.2, 0.25) is 0 Å². The minimum Gasteiger partial charge on any atom is -0.494 e. The average Bonchev–Trinajstić information content (AvgIpc) is 2.64. The maximum Gasteiger partial charge on any atom is 0.335 e. The van der Waals surface area contributed by atoms with Gasteiger partial charge in [0, 0.05) is 9.64 Å². The van der Waals surface area contributed by atoms with E-state index in [4.69, 9.17) is 9.84 Å². The number of carboxylic acids is 1. The third-order valence-corrected chi connectivity index (χ3v) is 6.26. The highest BCUT2D eigenvalue weighted by atomic mass is 32.2. The van der Waals surface area contributed by atoms with Gasteiger partial charge in [-0.25, -0.2) is 4.79 Å². The Morgan fingerprint density at radius 1 is 1.03 bits per heavy atom. The summed E-state index contributed by atoms with van der Waals surface area (Å²) in [6.07, 6.45) is 4.62. The lowest BCUT2D eigenvalue weighted by Gasteiger charge is -2.41. The predicted molar refractivity (Wildman–Crippen MR) is 122 cm³/mol. The van der Waals surface area contributed by atoms with Crippen LogP contribution in [0.25, 0.3) is 0 Å². The highest BCUT2D eigenvalue weighted by Crippen LogP contribution is 2.50. The summed E-state index contributed by atoms with van der Waals surface area (Å²) in [7, 11) is 0. The van der Waals surface area contributed by atoms with E-state index in [1.54, 1.807) is 24.3 Å². The fourth-order valence-electron chi connectivity index (χ4n) is 3.84. The lowest BCUT2D eigenvalue weighted by atomic mass is 9.77. The number of hydrogen-bond donors (Lipinski definition) is 1. The molecule has 4 heteroatoms. The van der Waals surface area contributed by atoms with Gasteiger partial charge in [-0.1, -0.05) is 65.7 Å². The van der Waals surface area contributed by atoms with Gasteiger partial charge in [0.15, 0.2) is 0 Å². The van der Waals surface area contributed by atoms with E-state index in [1.807, 2.05) is 11.8 Å². The zero-order valence-corrected chi connectivity index (χ0v) is 19.1. The number of benzene rings is 2. The maximum absolute atomic E-state index is 10.6. The summed E-state index contributed by atoms with van der Waals surface area (Å²) in [5.41, 5.74) is 2.13. The van der Waals surface area contributed by atoms with Crippen molar-refractivity contribution < 1.29 is 14.6 Å². The zero-order chi connectivity index (χ0) is 21.5. The Hall–Kier alpha value is -1.94. The van der Waals surface area contributed by atoms with E-state index in [2.05, 4.69) is 58.9 Å². The van der Waals surface area contributed by atoms with Crippen molar-refractivity contribution >= 4 is 17.7 Å². The van der Waals surface area contributed by atoms with Gasteiger partial charge in [0.1, 0.15) is 5.75 Å². The third-order valence-electron chi connectivity index (χ3n) is 4.99. The normalized spacial score (nSPS) is 16.2. The Morgan fingerprint density at radius 2 is 1.69 bits per heavy atom. The van der Waals surface area contributed by atoms with Gasteiger partial charge >= 0.3 is 5.97 Å². The second kappa shape index (κ2) is 10.2. The van der Waals surface area contributed by atoms with Crippen molar-refractivity contribution in [3.8, 4) is 5.75 Å². The molecule has 0 radical (unpaired) electrons. The van der Waals surface area contributed by atoms with Gasteiger partial charge in [-0.2, -0.15) is 0 Å². The lowest BCUT2D eigenvalue weighted by molar-refractivity contribution is 0.0697. The molecule has 1 heterocycles. The monoisotopic (exact) mass is 414 g/mol. The van der Waals surface area contributed by atoms with Gasteiger partial charge in [0.2, 0.25) is 0 Å². The molecule has 2 aromatic carbocycles. The maximum atomic E-state index is 10.6. The Bertz CT molecular complexity index is 794. The van der Waals surface area contributed by atoms with E-state index >= 15 is 0 Å². The summed E-state index contributed by atoms with van der Waals surface area (Å²) in [6.45, 7) is 12.2. The highest BCUT2D eigenvalue weighted by Gasteiger charge is 2.37. The van der Waals surface area contributed by atoms with Crippen LogP contribution in [0.5, 0.6) is 5.75 Å². The number of rotatable bonds is 6. The first-order valence-electron chi connectivity index (χ1n) is 10.4. The Morgan fingerprint density at radius 3 is 2.31 bits per heavy atom. The number of carbonyl (C=O) groups is 1. The Kier molecular flexibility index (Phi) is 8.21. The van der Waals surface area contributed by atoms with Crippen molar-refractivity contribution in [2.75, 3.05) is 6.61 Å². The SMILES string of the molecule is CC1(C)CC(C)(C)c2ccccc2S1.CCCCCOc1ccc(C(=O)O)cc1. The molecule has 1 aliphatic rings. The van der Waals surface area contributed by atoms with Crippen molar-refractivity contribution in [3.63, 3.8) is 0 Å². The van der Waals surface area contributed by atoms with E-state index in [-0.39, 0.29) is 5.56 Å². The molecule has 0 atom stereocenters. The van der Waals surface area contributed by atoms with E-state index in [0.29, 0.717) is 16.8 Å². The van der Waals surface area contributed by atoms with Gasteiger partial charge < -0.3 is 9.84 Å². The first-order chi connectivity index (χ1) is 13.6. The van der Waals surface area contributed by atoms with Gasteiger partial charge in [-0.05, 0) is 54.2 Å². The van der Waals surface area contributed by atoms with Crippen LogP contribution in [0.4, 0.5) is 0 Å². The number of fused-ring (bicyclic) bond motifs is 1. The first kappa shape index (κ1) is 23.3. The number of aromatic carboxylic acids is 1. The smallest absolute Gasteiger partial charge is 0.335 e. The molecule has 29 heavy (non-hydrogen) atoms.